The van der Waals surface area contributed by atoms with Crippen LogP contribution in [-0.2, 0) is 21.4 Å². The van der Waals surface area contributed by atoms with Gasteiger partial charge in [-0.25, -0.2) is 13.2 Å². The molecule has 0 saturated heterocycles. The van der Waals surface area contributed by atoms with Crippen molar-refractivity contribution in [3.63, 3.8) is 0 Å². The maximum Gasteiger partial charge on any atom is 0.340 e. The van der Waals surface area contributed by atoms with Crippen molar-refractivity contribution in [2.45, 2.75) is 33.0 Å². The van der Waals surface area contributed by atoms with Crippen LogP contribution >= 0.6 is 11.6 Å². The van der Waals surface area contributed by atoms with Crippen molar-refractivity contribution in [3.8, 4) is 0 Å². The summed E-state index contributed by atoms with van der Waals surface area (Å²) in [5.74, 6) is -0.684. The van der Waals surface area contributed by atoms with Gasteiger partial charge in [0.05, 0.1) is 29.1 Å². The highest BCUT2D eigenvalue weighted by molar-refractivity contribution is 7.92. The standard InChI is InChI=1S/C14H20ClNO5S/c1-14(2,3)21-13(18)10-6-9(8-17)7-11(12(10)15)16(4)22(5,19)20/h6-7,17H,8H2,1-5H3. The number of aliphatic hydroxyl groups excluding tert-OH is 1. The average Bonchev–Trinajstić information content (AvgIpc) is 2.35. The Balaban J connectivity index is 3.45. The first-order valence-corrected chi connectivity index (χ1v) is 8.70. The van der Waals surface area contributed by atoms with E-state index in [1.807, 2.05) is 0 Å². The number of carbonyl (C=O) groups excluding carboxylic acids is 1. The van der Waals surface area contributed by atoms with Gasteiger partial charge in [-0.3, -0.25) is 4.31 Å². The second-order valence-corrected chi connectivity index (χ2v) is 8.26. The van der Waals surface area contributed by atoms with E-state index in [2.05, 4.69) is 0 Å². The van der Waals surface area contributed by atoms with Crippen molar-refractivity contribution in [2.75, 3.05) is 17.6 Å². The van der Waals surface area contributed by atoms with Crippen LogP contribution < -0.4 is 4.31 Å². The molecule has 0 aliphatic carbocycles. The first-order valence-electron chi connectivity index (χ1n) is 6.47. The van der Waals surface area contributed by atoms with E-state index in [0.717, 1.165) is 10.6 Å². The average molecular weight is 350 g/mol. The number of rotatable bonds is 4. The number of hydrogen-bond acceptors (Lipinski definition) is 5. The Labute approximate surface area is 135 Å². The Morgan fingerprint density at radius 2 is 1.91 bits per heavy atom. The predicted molar refractivity (Wildman–Crippen MR) is 85.8 cm³/mol. The summed E-state index contributed by atoms with van der Waals surface area (Å²) in [7, 11) is -2.25. The molecule has 0 radical (unpaired) electrons. The molecule has 0 spiro atoms. The van der Waals surface area contributed by atoms with Crippen molar-refractivity contribution in [1.29, 1.82) is 0 Å². The topological polar surface area (TPSA) is 83.9 Å². The lowest BCUT2D eigenvalue weighted by Crippen LogP contribution is -2.27. The molecule has 0 aliphatic rings. The van der Waals surface area contributed by atoms with E-state index < -0.39 is 21.6 Å². The van der Waals surface area contributed by atoms with Crippen LogP contribution in [0.5, 0.6) is 0 Å². The monoisotopic (exact) mass is 349 g/mol. The molecule has 1 aromatic rings. The molecule has 0 unspecified atom stereocenters. The lowest BCUT2D eigenvalue weighted by Gasteiger charge is -2.23. The summed E-state index contributed by atoms with van der Waals surface area (Å²) in [6.07, 6.45) is 1.02. The Morgan fingerprint density at radius 1 is 1.36 bits per heavy atom. The van der Waals surface area contributed by atoms with Gasteiger partial charge < -0.3 is 9.84 Å². The van der Waals surface area contributed by atoms with Crippen LogP contribution in [0.4, 0.5) is 5.69 Å². The summed E-state index contributed by atoms with van der Waals surface area (Å²) in [6.45, 7) is 4.76. The molecular formula is C14H20ClNO5S. The molecule has 1 aromatic carbocycles. The maximum absolute atomic E-state index is 12.2. The Hall–Kier alpha value is -1.31. The fraction of sp³-hybridized carbons (Fsp3) is 0.500. The molecule has 0 heterocycles. The summed E-state index contributed by atoms with van der Waals surface area (Å²) in [5.41, 5.74) is -0.251. The third-order valence-electron chi connectivity index (χ3n) is 2.75. The van der Waals surface area contributed by atoms with Gasteiger partial charge in [-0.05, 0) is 38.5 Å². The molecule has 0 amide bonds. The van der Waals surface area contributed by atoms with Crippen molar-refractivity contribution < 1.29 is 23.1 Å². The van der Waals surface area contributed by atoms with Crippen LogP contribution in [0.25, 0.3) is 0 Å². The number of carbonyl (C=O) groups is 1. The lowest BCUT2D eigenvalue weighted by molar-refractivity contribution is 0.00696. The number of sulfonamides is 1. The fourth-order valence-electron chi connectivity index (χ4n) is 1.65. The number of anilines is 1. The molecule has 1 N–H and O–H groups in total. The highest BCUT2D eigenvalue weighted by Crippen LogP contribution is 2.33. The minimum atomic E-state index is -3.57. The number of hydrogen-bond donors (Lipinski definition) is 1. The minimum absolute atomic E-state index is 0.00800. The number of esters is 1. The molecule has 0 atom stereocenters. The van der Waals surface area contributed by atoms with Gasteiger partial charge in [0.2, 0.25) is 10.0 Å². The first-order chi connectivity index (χ1) is 9.86. The summed E-state index contributed by atoms with van der Waals surface area (Å²) in [5, 5.41) is 9.27. The van der Waals surface area contributed by atoms with E-state index in [1.54, 1.807) is 20.8 Å². The number of nitrogens with zero attached hydrogens (tertiary/aromatic N) is 1. The Bertz CT molecular complexity index is 679. The van der Waals surface area contributed by atoms with E-state index >= 15 is 0 Å². The molecule has 0 saturated carbocycles. The number of benzene rings is 1. The van der Waals surface area contributed by atoms with Gasteiger partial charge in [0.1, 0.15) is 5.60 Å². The van der Waals surface area contributed by atoms with Crippen LogP contribution in [0.15, 0.2) is 12.1 Å². The third kappa shape index (κ3) is 4.59. The second-order valence-electron chi connectivity index (χ2n) is 5.87. The van der Waals surface area contributed by atoms with Gasteiger partial charge in [0.25, 0.3) is 0 Å². The third-order valence-corrected chi connectivity index (χ3v) is 4.34. The van der Waals surface area contributed by atoms with E-state index in [4.69, 9.17) is 16.3 Å². The predicted octanol–water partition coefficient (Wildman–Crippen LogP) is 2.18. The molecule has 0 fully saturated rings. The van der Waals surface area contributed by atoms with Gasteiger partial charge in [0.15, 0.2) is 0 Å². The van der Waals surface area contributed by atoms with Crippen molar-refractivity contribution in [3.05, 3.63) is 28.3 Å². The second kappa shape index (κ2) is 6.44. The summed E-state index contributed by atoms with van der Waals surface area (Å²) in [6, 6.07) is 2.80. The van der Waals surface area contributed by atoms with Gasteiger partial charge in [0, 0.05) is 7.05 Å². The SMILES string of the molecule is CN(c1cc(CO)cc(C(=O)OC(C)(C)C)c1Cl)S(C)(=O)=O. The zero-order valence-electron chi connectivity index (χ0n) is 13.2. The quantitative estimate of drug-likeness (QED) is 0.842. The van der Waals surface area contributed by atoms with Gasteiger partial charge in [-0.1, -0.05) is 11.6 Å². The largest absolute Gasteiger partial charge is 0.456 e. The smallest absolute Gasteiger partial charge is 0.340 e. The number of aliphatic hydroxyl groups is 1. The molecule has 8 heteroatoms. The zero-order chi connectivity index (χ0) is 17.3. The van der Waals surface area contributed by atoms with Crippen LogP contribution in [0.3, 0.4) is 0 Å². The molecular weight excluding hydrogens is 330 g/mol. The van der Waals surface area contributed by atoms with Crippen molar-refractivity contribution in [1.82, 2.24) is 0 Å². The maximum atomic E-state index is 12.2. The van der Waals surface area contributed by atoms with E-state index in [9.17, 15) is 18.3 Å². The molecule has 22 heavy (non-hydrogen) atoms. The summed E-state index contributed by atoms with van der Waals surface area (Å²) in [4.78, 5) is 12.2. The van der Waals surface area contributed by atoms with Crippen LogP contribution in [0.2, 0.25) is 5.02 Å². The highest BCUT2D eigenvalue weighted by Gasteiger charge is 2.25. The lowest BCUT2D eigenvalue weighted by atomic mass is 10.1. The highest BCUT2D eigenvalue weighted by atomic mass is 35.5. The normalized spacial score (nSPS) is 12.1. The first kappa shape index (κ1) is 18.7. The van der Waals surface area contributed by atoms with E-state index in [-0.39, 0.29) is 22.9 Å². The van der Waals surface area contributed by atoms with Crippen molar-refractivity contribution >= 4 is 33.3 Å². The number of halogens is 1. The molecule has 0 bridgehead atoms. The van der Waals surface area contributed by atoms with E-state index in [1.165, 1.54) is 19.2 Å². The number of ether oxygens (including phenoxy) is 1. The molecule has 124 valence electrons. The minimum Gasteiger partial charge on any atom is -0.456 e. The fourth-order valence-corrected chi connectivity index (χ4v) is 2.51. The van der Waals surface area contributed by atoms with Gasteiger partial charge >= 0.3 is 5.97 Å². The summed E-state index contributed by atoms with van der Waals surface area (Å²) >= 11 is 6.17. The van der Waals surface area contributed by atoms with Crippen LogP contribution in [-0.4, -0.2) is 38.4 Å². The molecule has 1 rings (SSSR count). The summed E-state index contributed by atoms with van der Waals surface area (Å²) < 4.78 is 29.6. The molecule has 0 aliphatic heterocycles. The Morgan fingerprint density at radius 3 is 2.32 bits per heavy atom. The van der Waals surface area contributed by atoms with E-state index in [0.29, 0.717) is 5.56 Å². The Kier molecular flexibility index (Phi) is 5.48. The van der Waals surface area contributed by atoms with Crippen molar-refractivity contribution in [2.24, 2.45) is 0 Å². The van der Waals surface area contributed by atoms with Crippen LogP contribution in [0, 0.1) is 0 Å². The zero-order valence-corrected chi connectivity index (χ0v) is 14.7. The molecule has 6 nitrogen and oxygen atoms in total. The van der Waals surface area contributed by atoms with Crippen LogP contribution in [0.1, 0.15) is 36.7 Å². The van der Waals surface area contributed by atoms with Gasteiger partial charge in [-0.2, -0.15) is 0 Å². The molecule has 0 aromatic heterocycles. The van der Waals surface area contributed by atoms with Gasteiger partial charge in [-0.15, -0.1) is 0 Å².